The predicted molar refractivity (Wildman–Crippen MR) is 166 cm³/mol. The lowest BCUT2D eigenvalue weighted by Gasteiger charge is -2.44. The molecule has 0 bridgehead atoms. The minimum Gasteiger partial charge on any atom is -0.465 e. The molecule has 3 aliphatic rings. The highest BCUT2D eigenvalue weighted by Crippen LogP contribution is 2.47. The second-order valence-electron chi connectivity index (χ2n) is 13.2. The zero-order valence-electron chi connectivity index (χ0n) is 25.8. The number of benzene rings is 1. The Bertz CT molecular complexity index is 1690. The molecule has 2 aromatic heterocycles. The maximum absolute atomic E-state index is 16.4. The normalized spacial score (nSPS) is 20.8. The summed E-state index contributed by atoms with van der Waals surface area (Å²) in [6.45, 7) is 8.61. The molecule has 1 aromatic carbocycles. The number of aryl methyl sites for hydroxylation is 1. The first-order chi connectivity index (χ1) is 21.3. The first-order valence-corrected chi connectivity index (χ1v) is 15.1. The quantitative estimate of drug-likeness (QED) is 0.268. The van der Waals surface area contributed by atoms with E-state index in [1.165, 1.54) is 17.3 Å². The number of rotatable bonds is 4. The maximum Gasteiger partial charge on any atom is 0.412 e. The number of fused-ring (bicyclic) bond motifs is 2. The van der Waals surface area contributed by atoms with Crippen LogP contribution in [0.4, 0.5) is 36.0 Å². The molecule has 1 spiro atoms. The topological polar surface area (TPSA) is 155 Å². The molecule has 1 aliphatic carbocycles. The second kappa shape index (κ2) is 11.4. The van der Waals surface area contributed by atoms with E-state index in [4.69, 9.17) is 9.47 Å². The number of hydrogen-bond acceptors (Lipinski definition) is 7. The summed E-state index contributed by atoms with van der Waals surface area (Å²) in [5.41, 5.74) is 1.24. The number of carboxylic acid groups (broad SMARTS) is 1. The van der Waals surface area contributed by atoms with Crippen molar-refractivity contribution >= 4 is 46.2 Å². The minimum atomic E-state index is -1.11. The largest absolute Gasteiger partial charge is 0.465 e. The van der Waals surface area contributed by atoms with Gasteiger partial charge in [-0.05, 0) is 88.3 Å². The van der Waals surface area contributed by atoms with Gasteiger partial charge in [-0.3, -0.25) is 20.5 Å². The fourth-order valence-electron chi connectivity index (χ4n) is 6.63. The number of pyridine rings is 2. The van der Waals surface area contributed by atoms with E-state index in [9.17, 15) is 19.5 Å². The summed E-state index contributed by atoms with van der Waals surface area (Å²) in [4.78, 5) is 47.7. The average molecular weight is 621 g/mol. The number of hydrogen-bond donors (Lipinski definition) is 4. The monoisotopic (exact) mass is 620 g/mol. The highest BCUT2D eigenvalue weighted by molar-refractivity contribution is 6.05. The zero-order valence-corrected chi connectivity index (χ0v) is 25.8. The number of nitrogens with zero attached hydrogens (tertiary/aromatic N) is 3. The van der Waals surface area contributed by atoms with E-state index in [1.807, 2.05) is 0 Å². The van der Waals surface area contributed by atoms with Crippen LogP contribution in [0, 0.1) is 18.2 Å². The standard InChI is InChI=1S/C32H37FN6O6/c1-17-21(14-34-23-6-5-8-39(27(17)23)30(42)43)20-10-18-11-24(37-28(40)36-19-12-32(13-19)7-9-44-16-32)35-15-22(18)26(25(20)33)38-29(41)45-31(2,3)4/h10-11,14-15,19H,5-9,12-13,16H2,1-4H3,(H,38,41)(H,42,43)(H2,35,36,37,40). The molecule has 4 amide bonds. The summed E-state index contributed by atoms with van der Waals surface area (Å²) in [5, 5.41) is 18.9. The van der Waals surface area contributed by atoms with E-state index in [0.717, 1.165) is 32.5 Å². The van der Waals surface area contributed by atoms with Gasteiger partial charge in [0, 0.05) is 48.1 Å². The number of nitrogens with one attached hydrogen (secondary N) is 3. The molecule has 2 aliphatic heterocycles. The van der Waals surface area contributed by atoms with Gasteiger partial charge >= 0.3 is 18.2 Å². The van der Waals surface area contributed by atoms with Crippen molar-refractivity contribution in [1.29, 1.82) is 0 Å². The van der Waals surface area contributed by atoms with Crippen molar-refractivity contribution in [3.63, 3.8) is 0 Å². The Labute approximate surface area is 259 Å². The van der Waals surface area contributed by atoms with E-state index in [0.29, 0.717) is 47.3 Å². The fraction of sp³-hybridized carbons (Fsp3) is 0.469. The van der Waals surface area contributed by atoms with Crippen LogP contribution in [-0.4, -0.2) is 64.7 Å². The van der Waals surface area contributed by atoms with Gasteiger partial charge in [0.15, 0.2) is 5.82 Å². The number of anilines is 3. The lowest BCUT2D eigenvalue weighted by Crippen LogP contribution is -2.52. The Morgan fingerprint density at radius 2 is 1.91 bits per heavy atom. The highest BCUT2D eigenvalue weighted by Gasteiger charge is 2.47. The van der Waals surface area contributed by atoms with Gasteiger partial charge in [-0.1, -0.05) is 0 Å². The van der Waals surface area contributed by atoms with Crippen LogP contribution >= 0.6 is 0 Å². The van der Waals surface area contributed by atoms with E-state index in [1.54, 1.807) is 39.8 Å². The van der Waals surface area contributed by atoms with E-state index >= 15 is 4.39 Å². The third-order valence-electron chi connectivity index (χ3n) is 8.68. The van der Waals surface area contributed by atoms with Crippen LogP contribution in [0.15, 0.2) is 24.5 Å². The van der Waals surface area contributed by atoms with E-state index in [2.05, 4.69) is 25.9 Å². The van der Waals surface area contributed by atoms with Gasteiger partial charge in [-0.15, -0.1) is 0 Å². The average Bonchev–Trinajstić information content (AvgIpc) is 3.43. The van der Waals surface area contributed by atoms with Gasteiger partial charge in [0.25, 0.3) is 0 Å². The molecule has 1 saturated heterocycles. The summed E-state index contributed by atoms with van der Waals surface area (Å²) in [7, 11) is 0. The Hall–Kier alpha value is -4.52. The lowest BCUT2D eigenvalue weighted by atomic mass is 9.65. The number of ether oxygens (including phenoxy) is 2. The smallest absolute Gasteiger partial charge is 0.412 e. The Balaban J connectivity index is 1.36. The second-order valence-corrected chi connectivity index (χ2v) is 13.2. The lowest BCUT2D eigenvalue weighted by molar-refractivity contribution is 0.0633. The SMILES string of the molecule is Cc1c(-c2cc3cc(NC(=O)NC4CC5(CCOC5)C4)ncc3c(NC(=O)OC(C)(C)C)c2F)cnc2c1N(C(=O)O)CCC2. The molecular weight excluding hydrogens is 583 g/mol. The summed E-state index contributed by atoms with van der Waals surface area (Å²) < 4.78 is 27.3. The summed E-state index contributed by atoms with van der Waals surface area (Å²) in [6.07, 6.45) is 4.89. The number of aromatic nitrogens is 2. The van der Waals surface area contributed by atoms with E-state index in [-0.39, 0.29) is 33.9 Å². The van der Waals surface area contributed by atoms with E-state index < -0.39 is 29.6 Å². The maximum atomic E-state index is 16.4. The molecule has 4 heterocycles. The number of carbonyl (C=O) groups excluding carboxylic acids is 2. The van der Waals surface area contributed by atoms with Crippen LogP contribution in [-0.2, 0) is 15.9 Å². The van der Waals surface area contributed by atoms with Gasteiger partial charge in [0.1, 0.15) is 11.4 Å². The van der Waals surface area contributed by atoms with Crippen molar-refractivity contribution in [2.45, 2.75) is 71.4 Å². The molecule has 3 aromatic rings. The first-order valence-electron chi connectivity index (χ1n) is 15.1. The van der Waals surface area contributed by atoms with Crippen molar-refractivity contribution in [2.75, 3.05) is 35.3 Å². The molecule has 0 unspecified atom stereocenters. The number of carbonyl (C=O) groups is 3. The molecule has 12 nitrogen and oxygen atoms in total. The minimum absolute atomic E-state index is 0.0438. The van der Waals surface area contributed by atoms with Gasteiger partial charge in [0.05, 0.1) is 23.7 Å². The molecule has 4 N–H and O–H groups in total. The van der Waals surface area contributed by atoms with Crippen molar-refractivity contribution in [3.05, 3.63) is 41.6 Å². The third kappa shape index (κ3) is 6.08. The highest BCUT2D eigenvalue weighted by atomic mass is 19.1. The summed E-state index contributed by atoms with van der Waals surface area (Å²) in [5.74, 6) is -0.526. The summed E-state index contributed by atoms with van der Waals surface area (Å²) in [6, 6.07) is 2.81. The van der Waals surface area contributed by atoms with Gasteiger partial charge < -0.3 is 19.9 Å². The molecule has 0 atom stereocenters. The van der Waals surface area contributed by atoms with Crippen LogP contribution < -0.4 is 20.9 Å². The first kappa shape index (κ1) is 30.5. The van der Waals surface area contributed by atoms with Crippen molar-refractivity contribution in [1.82, 2.24) is 15.3 Å². The molecule has 238 valence electrons. The number of halogens is 1. The molecule has 6 rings (SSSR count). The van der Waals surface area contributed by atoms with Crippen LogP contribution in [0.2, 0.25) is 0 Å². The molecule has 0 radical (unpaired) electrons. The van der Waals surface area contributed by atoms with Crippen LogP contribution in [0.25, 0.3) is 21.9 Å². The molecule has 45 heavy (non-hydrogen) atoms. The Morgan fingerprint density at radius 1 is 1.13 bits per heavy atom. The fourth-order valence-corrected chi connectivity index (χ4v) is 6.63. The Morgan fingerprint density at radius 3 is 2.60 bits per heavy atom. The predicted octanol–water partition coefficient (Wildman–Crippen LogP) is 6.21. The van der Waals surface area contributed by atoms with Gasteiger partial charge in [0.2, 0.25) is 0 Å². The molecular formula is C32H37FN6O6. The van der Waals surface area contributed by atoms with Gasteiger partial charge in [-0.2, -0.15) is 0 Å². The Kier molecular flexibility index (Phi) is 7.76. The van der Waals surface area contributed by atoms with Crippen molar-refractivity contribution in [3.8, 4) is 11.1 Å². The van der Waals surface area contributed by atoms with Crippen LogP contribution in [0.3, 0.4) is 0 Å². The van der Waals surface area contributed by atoms with Crippen LogP contribution in [0.1, 0.15) is 57.7 Å². The van der Waals surface area contributed by atoms with Gasteiger partial charge in [-0.25, -0.2) is 23.8 Å². The molecule has 1 saturated carbocycles. The number of amides is 4. The molecule has 13 heteroatoms. The third-order valence-corrected chi connectivity index (χ3v) is 8.68. The molecule has 2 fully saturated rings. The van der Waals surface area contributed by atoms with Crippen molar-refractivity contribution < 1.29 is 33.4 Å². The van der Waals surface area contributed by atoms with Crippen molar-refractivity contribution in [2.24, 2.45) is 5.41 Å². The van der Waals surface area contributed by atoms with Crippen LogP contribution in [0.5, 0.6) is 0 Å². The summed E-state index contributed by atoms with van der Waals surface area (Å²) >= 11 is 0. The number of urea groups is 1. The zero-order chi connectivity index (χ0) is 32.1.